The minimum absolute atomic E-state index is 0.238. The van der Waals surface area contributed by atoms with Gasteiger partial charge in [-0.25, -0.2) is 4.98 Å². The zero-order valence-electron chi connectivity index (χ0n) is 11.0. The van der Waals surface area contributed by atoms with Gasteiger partial charge in [0.2, 0.25) is 0 Å². The summed E-state index contributed by atoms with van der Waals surface area (Å²) in [7, 11) is 1.50. The molecule has 0 fully saturated rings. The summed E-state index contributed by atoms with van der Waals surface area (Å²) >= 11 is 6.17. The molecule has 0 saturated carbocycles. The number of nitrogens with zero attached hydrogens (tertiary/aromatic N) is 4. The summed E-state index contributed by atoms with van der Waals surface area (Å²) in [5.74, 6) is 0.528. The minimum Gasteiger partial charge on any atom is -0.467 e. The summed E-state index contributed by atoms with van der Waals surface area (Å²) in [4.78, 5) is 10.1. The van der Waals surface area contributed by atoms with Crippen molar-refractivity contribution in [1.29, 1.82) is 5.26 Å². The lowest BCUT2D eigenvalue weighted by Gasteiger charge is -2.23. The van der Waals surface area contributed by atoms with Gasteiger partial charge in [0.05, 0.1) is 25.8 Å². The molecule has 0 radical (unpaired) electrons. The third kappa shape index (κ3) is 3.16. The average molecular weight is 289 g/mol. The smallest absolute Gasteiger partial charge is 0.318 e. The molecule has 1 heterocycles. The molecular formula is C14H13ClN4O. The van der Waals surface area contributed by atoms with E-state index in [1.165, 1.54) is 13.3 Å². The largest absolute Gasteiger partial charge is 0.467 e. The molecule has 0 aliphatic rings. The summed E-state index contributed by atoms with van der Waals surface area (Å²) in [6.45, 7) is 0.487. The van der Waals surface area contributed by atoms with Gasteiger partial charge in [0.25, 0.3) is 0 Å². The van der Waals surface area contributed by atoms with Crippen molar-refractivity contribution in [3.63, 3.8) is 0 Å². The number of ether oxygens (including phenoxy) is 1. The van der Waals surface area contributed by atoms with Crippen LogP contribution in [0.2, 0.25) is 5.02 Å². The normalized spacial score (nSPS) is 9.85. The SMILES string of the molecule is COc1ncc(Cl)c(N(CCC#N)c2ccccc2)n1. The highest BCUT2D eigenvalue weighted by molar-refractivity contribution is 6.33. The number of nitriles is 1. The fraction of sp³-hybridized carbons (Fsp3) is 0.214. The van der Waals surface area contributed by atoms with Crippen molar-refractivity contribution >= 4 is 23.1 Å². The lowest BCUT2D eigenvalue weighted by atomic mass is 10.2. The Hall–Kier alpha value is -2.32. The van der Waals surface area contributed by atoms with Crippen LogP contribution in [0.3, 0.4) is 0 Å². The maximum atomic E-state index is 8.81. The van der Waals surface area contributed by atoms with Crippen molar-refractivity contribution in [3.8, 4) is 12.1 Å². The molecule has 2 rings (SSSR count). The Morgan fingerprint density at radius 3 is 2.75 bits per heavy atom. The van der Waals surface area contributed by atoms with Crippen molar-refractivity contribution in [3.05, 3.63) is 41.6 Å². The summed E-state index contributed by atoms with van der Waals surface area (Å²) in [5.41, 5.74) is 0.908. The Kier molecular flexibility index (Phi) is 4.75. The van der Waals surface area contributed by atoms with Crippen LogP contribution in [0.5, 0.6) is 6.01 Å². The number of hydrogen-bond acceptors (Lipinski definition) is 5. The van der Waals surface area contributed by atoms with Gasteiger partial charge in [-0.3, -0.25) is 0 Å². The molecule has 5 nitrogen and oxygen atoms in total. The highest BCUT2D eigenvalue weighted by Crippen LogP contribution is 2.30. The summed E-state index contributed by atoms with van der Waals surface area (Å²) in [6.07, 6.45) is 1.85. The van der Waals surface area contributed by atoms with Crippen LogP contribution in [-0.4, -0.2) is 23.6 Å². The molecule has 0 bridgehead atoms. The molecule has 102 valence electrons. The lowest BCUT2D eigenvalue weighted by molar-refractivity contribution is 0.380. The van der Waals surface area contributed by atoms with Gasteiger partial charge in [-0.2, -0.15) is 10.2 Å². The summed E-state index contributed by atoms with van der Waals surface area (Å²) in [5, 5.41) is 9.22. The number of hydrogen-bond donors (Lipinski definition) is 0. The van der Waals surface area contributed by atoms with Gasteiger partial charge in [0.15, 0.2) is 5.82 Å². The number of anilines is 2. The van der Waals surface area contributed by atoms with Gasteiger partial charge in [-0.05, 0) is 12.1 Å². The molecule has 0 unspecified atom stereocenters. The molecular weight excluding hydrogens is 276 g/mol. The number of benzene rings is 1. The van der Waals surface area contributed by atoms with Gasteiger partial charge < -0.3 is 9.64 Å². The highest BCUT2D eigenvalue weighted by Gasteiger charge is 2.15. The van der Waals surface area contributed by atoms with Crippen molar-refractivity contribution in [1.82, 2.24) is 9.97 Å². The second-order valence-corrected chi connectivity index (χ2v) is 4.33. The van der Waals surface area contributed by atoms with Gasteiger partial charge >= 0.3 is 6.01 Å². The third-order valence-electron chi connectivity index (χ3n) is 2.66. The third-order valence-corrected chi connectivity index (χ3v) is 2.92. The second-order valence-electron chi connectivity index (χ2n) is 3.92. The molecule has 0 aliphatic heterocycles. The van der Waals surface area contributed by atoms with E-state index in [1.54, 1.807) is 0 Å². The number of rotatable bonds is 5. The molecule has 0 atom stereocenters. The van der Waals surface area contributed by atoms with Crippen molar-refractivity contribution < 1.29 is 4.74 Å². The first-order chi connectivity index (χ1) is 9.76. The maximum Gasteiger partial charge on any atom is 0.318 e. The van der Waals surface area contributed by atoms with Gasteiger partial charge in [0.1, 0.15) is 5.02 Å². The number of para-hydroxylation sites is 1. The summed E-state index contributed by atoms with van der Waals surface area (Å²) < 4.78 is 5.03. The fourth-order valence-corrected chi connectivity index (χ4v) is 1.95. The van der Waals surface area contributed by atoms with E-state index < -0.39 is 0 Å². The van der Waals surface area contributed by atoms with E-state index in [-0.39, 0.29) is 6.01 Å². The van der Waals surface area contributed by atoms with Crippen LogP contribution in [0.1, 0.15) is 6.42 Å². The van der Waals surface area contributed by atoms with E-state index >= 15 is 0 Å². The first-order valence-electron chi connectivity index (χ1n) is 6.02. The molecule has 6 heteroatoms. The van der Waals surface area contributed by atoms with Crippen LogP contribution >= 0.6 is 11.6 Å². The van der Waals surface area contributed by atoms with E-state index in [0.29, 0.717) is 23.8 Å². The Morgan fingerprint density at radius 2 is 2.10 bits per heavy atom. The van der Waals surface area contributed by atoms with Gasteiger partial charge in [-0.15, -0.1) is 0 Å². The Labute approximate surface area is 122 Å². The lowest BCUT2D eigenvalue weighted by Crippen LogP contribution is -2.20. The van der Waals surface area contributed by atoms with Gasteiger partial charge in [-0.1, -0.05) is 29.8 Å². The molecule has 0 spiro atoms. The van der Waals surface area contributed by atoms with Crippen molar-refractivity contribution in [2.75, 3.05) is 18.6 Å². The van der Waals surface area contributed by atoms with Crippen LogP contribution < -0.4 is 9.64 Å². The van der Waals surface area contributed by atoms with Crippen molar-refractivity contribution in [2.24, 2.45) is 0 Å². The fourth-order valence-electron chi connectivity index (χ4n) is 1.76. The zero-order valence-corrected chi connectivity index (χ0v) is 11.7. The molecule has 0 N–H and O–H groups in total. The molecule has 1 aromatic carbocycles. The minimum atomic E-state index is 0.238. The predicted octanol–water partition coefficient (Wildman–Crippen LogP) is 3.19. The van der Waals surface area contributed by atoms with Crippen LogP contribution in [0.15, 0.2) is 36.5 Å². The second kappa shape index (κ2) is 6.73. The van der Waals surface area contributed by atoms with Crippen LogP contribution in [0.25, 0.3) is 0 Å². The Balaban J connectivity index is 2.44. The van der Waals surface area contributed by atoms with Crippen LogP contribution in [0, 0.1) is 11.3 Å². The quantitative estimate of drug-likeness (QED) is 0.845. The molecule has 1 aromatic heterocycles. The predicted molar refractivity (Wildman–Crippen MR) is 77.3 cm³/mol. The Bertz CT molecular complexity index is 612. The van der Waals surface area contributed by atoms with E-state index in [2.05, 4.69) is 16.0 Å². The van der Waals surface area contributed by atoms with E-state index in [4.69, 9.17) is 21.6 Å². The van der Waals surface area contributed by atoms with Gasteiger partial charge in [0, 0.05) is 12.2 Å². The summed E-state index contributed by atoms with van der Waals surface area (Å²) in [6, 6.07) is 12.0. The van der Waals surface area contributed by atoms with Crippen molar-refractivity contribution in [2.45, 2.75) is 6.42 Å². The first-order valence-corrected chi connectivity index (χ1v) is 6.40. The molecule has 2 aromatic rings. The monoisotopic (exact) mass is 288 g/mol. The molecule has 20 heavy (non-hydrogen) atoms. The zero-order chi connectivity index (χ0) is 14.4. The average Bonchev–Trinajstić information content (AvgIpc) is 2.50. The standard InChI is InChI=1S/C14H13ClN4O/c1-20-14-17-10-12(15)13(18-14)19(9-5-8-16)11-6-3-2-4-7-11/h2-4,6-7,10H,5,9H2,1H3. The van der Waals surface area contributed by atoms with E-state index in [9.17, 15) is 0 Å². The number of aromatic nitrogens is 2. The molecule has 0 aliphatic carbocycles. The number of halogens is 1. The van der Waals surface area contributed by atoms with E-state index in [0.717, 1.165) is 5.69 Å². The first kappa shape index (κ1) is 14.1. The topological polar surface area (TPSA) is 62.0 Å². The molecule has 0 amide bonds. The Morgan fingerprint density at radius 1 is 1.35 bits per heavy atom. The van der Waals surface area contributed by atoms with E-state index in [1.807, 2.05) is 35.2 Å². The van der Waals surface area contributed by atoms with Crippen LogP contribution in [0.4, 0.5) is 11.5 Å². The maximum absolute atomic E-state index is 8.81. The van der Waals surface area contributed by atoms with Crippen LogP contribution in [-0.2, 0) is 0 Å². The highest BCUT2D eigenvalue weighted by atomic mass is 35.5. The molecule has 0 saturated heterocycles. The number of methoxy groups -OCH3 is 1.